The summed E-state index contributed by atoms with van der Waals surface area (Å²) in [5, 5.41) is 13.5. The van der Waals surface area contributed by atoms with Crippen LogP contribution in [0.3, 0.4) is 0 Å². The van der Waals surface area contributed by atoms with Crippen molar-refractivity contribution in [2.45, 2.75) is 33.9 Å². The Labute approximate surface area is 184 Å². The van der Waals surface area contributed by atoms with Crippen molar-refractivity contribution < 1.29 is 4.74 Å². The Kier molecular flexibility index (Phi) is 5.77. The molecule has 160 valence electrons. The second-order valence-electron chi connectivity index (χ2n) is 7.55. The number of nitrogens with zero attached hydrogens (tertiary/aromatic N) is 7. The highest BCUT2D eigenvalue weighted by molar-refractivity contribution is 5.47. The van der Waals surface area contributed by atoms with Gasteiger partial charge < -0.3 is 9.14 Å². The van der Waals surface area contributed by atoms with Crippen LogP contribution in [0.15, 0.2) is 54.3 Å². The molecule has 3 heterocycles. The molecule has 9 heteroatoms. The van der Waals surface area contributed by atoms with Gasteiger partial charge in [-0.05, 0) is 61.2 Å². The van der Waals surface area contributed by atoms with Crippen LogP contribution in [0.4, 0.5) is 5.82 Å². The number of rotatable bonds is 7. The van der Waals surface area contributed by atoms with E-state index in [1.807, 2.05) is 49.7 Å². The third-order valence-corrected chi connectivity index (χ3v) is 5.14. The molecule has 0 radical (unpaired) electrons. The van der Waals surface area contributed by atoms with Gasteiger partial charge in [0.05, 0.1) is 29.2 Å². The molecule has 9 nitrogen and oxygen atoms in total. The summed E-state index contributed by atoms with van der Waals surface area (Å²) in [6, 6.07) is 11.2. The molecule has 32 heavy (non-hydrogen) atoms. The predicted octanol–water partition coefficient (Wildman–Crippen LogP) is 4.19. The first-order valence-corrected chi connectivity index (χ1v) is 9.97. The molecule has 4 rings (SSSR count). The van der Waals surface area contributed by atoms with Gasteiger partial charge in [0, 0.05) is 18.5 Å². The lowest BCUT2D eigenvalue weighted by Gasteiger charge is -2.18. The van der Waals surface area contributed by atoms with Crippen LogP contribution in [-0.2, 0) is 13.2 Å². The lowest BCUT2D eigenvalue weighted by Crippen LogP contribution is -2.18. The second kappa shape index (κ2) is 8.81. The van der Waals surface area contributed by atoms with Crippen molar-refractivity contribution in [1.82, 2.24) is 19.4 Å². The molecular weight excluding hydrogens is 406 g/mol. The van der Waals surface area contributed by atoms with Gasteiger partial charge in [-0.3, -0.25) is 0 Å². The standard InChI is InChI=1S/C23H21N7O2/c1-15-4-5-21-27-19(11-29(21)10-15)13-32-23-8-22(25-14-26-23)30(28-31)12-20-16(2)6-18(9-24)7-17(20)3/h4-8,10-11,14H,12-13H2,1-3H3. The summed E-state index contributed by atoms with van der Waals surface area (Å²) in [4.78, 5) is 24.4. The van der Waals surface area contributed by atoms with E-state index in [2.05, 4.69) is 26.3 Å². The van der Waals surface area contributed by atoms with Gasteiger partial charge in [0.25, 0.3) is 0 Å². The summed E-state index contributed by atoms with van der Waals surface area (Å²) in [7, 11) is 0. The average molecular weight is 427 g/mol. The van der Waals surface area contributed by atoms with Crippen LogP contribution in [0, 0.1) is 37.0 Å². The largest absolute Gasteiger partial charge is 0.471 e. The van der Waals surface area contributed by atoms with Gasteiger partial charge in [-0.2, -0.15) is 5.26 Å². The van der Waals surface area contributed by atoms with Gasteiger partial charge in [-0.15, -0.1) is 4.91 Å². The quantitative estimate of drug-likeness (QED) is 0.321. The van der Waals surface area contributed by atoms with Crippen molar-refractivity contribution in [3.8, 4) is 11.9 Å². The number of aromatic nitrogens is 4. The number of hydrogen-bond donors (Lipinski definition) is 0. The third kappa shape index (κ3) is 4.39. The fourth-order valence-corrected chi connectivity index (χ4v) is 3.53. The number of aryl methyl sites for hydroxylation is 3. The molecule has 0 unspecified atom stereocenters. The van der Waals surface area contributed by atoms with Crippen molar-refractivity contribution >= 4 is 11.5 Å². The maximum atomic E-state index is 11.6. The minimum atomic E-state index is 0.217. The molecule has 0 atom stereocenters. The number of nitriles is 1. The number of imidazole rings is 1. The van der Waals surface area contributed by atoms with Crippen molar-refractivity contribution in [2.24, 2.45) is 5.29 Å². The topological polar surface area (TPSA) is 109 Å². The molecule has 4 aromatic rings. The maximum Gasteiger partial charge on any atom is 0.218 e. The highest BCUT2D eigenvalue weighted by atomic mass is 16.5. The summed E-state index contributed by atoms with van der Waals surface area (Å²) < 4.78 is 7.73. The smallest absolute Gasteiger partial charge is 0.218 e. The number of nitroso groups, excluding NO2 is 1. The van der Waals surface area contributed by atoms with E-state index < -0.39 is 0 Å². The highest BCUT2D eigenvalue weighted by Crippen LogP contribution is 2.23. The van der Waals surface area contributed by atoms with Gasteiger partial charge in [-0.1, -0.05) is 6.07 Å². The molecule has 0 bridgehead atoms. The Balaban J connectivity index is 1.51. The molecule has 0 spiro atoms. The van der Waals surface area contributed by atoms with Crippen LogP contribution in [0.2, 0.25) is 0 Å². The molecule has 0 amide bonds. The highest BCUT2D eigenvalue weighted by Gasteiger charge is 2.15. The average Bonchev–Trinajstić information content (AvgIpc) is 3.19. The van der Waals surface area contributed by atoms with Crippen molar-refractivity contribution in [3.63, 3.8) is 0 Å². The molecule has 0 fully saturated rings. The summed E-state index contributed by atoms with van der Waals surface area (Å²) >= 11 is 0. The Morgan fingerprint density at radius 1 is 1.12 bits per heavy atom. The Morgan fingerprint density at radius 3 is 2.62 bits per heavy atom. The van der Waals surface area contributed by atoms with E-state index in [4.69, 9.17) is 10.00 Å². The molecule has 1 aromatic carbocycles. The number of fused-ring (bicyclic) bond motifs is 1. The van der Waals surface area contributed by atoms with Gasteiger partial charge >= 0.3 is 0 Å². The Bertz CT molecular complexity index is 1320. The molecular formula is C23H21N7O2. The Hall–Kier alpha value is -4.32. The van der Waals surface area contributed by atoms with Gasteiger partial charge in [-0.25, -0.2) is 20.0 Å². The van der Waals surface area contributed by atoms with Crippen LogP contribution >= 0.6 is 0 Å². The number of ether oxygens (including phenoxy) is 1. The zero-order chi connectivity index (χ0) is 22.7. The van der Waals surface area contributed by atoms with Crippen LogP contribution in [-0.4, -0.2) is 19.4 Å². The maximum absolute atomic E-state index is 11.6. The second-order valence-corrected chi connectivity index (χ2v) is 7.55. The molecule has 0 aliphatic rings. The first kappa shape index (κ1) is 20.9. The van der Waals surface area contributed by atoms with Gasteiger partial charge in [0.2, 0.25) is 5.88 Å². The molecule has 0 aliphatic heterocycles. The van der Waals surface area contributed by atoms with Crippen molar-refractivity contribution in [1.29, 1.82) is 5.26 Å². The lowest BCUT2D eigenvalue weighted by atomic mass is 9.99. The van der Waals surface area contributed by atoms with Crippen molar-refractivity contribution in [3.05, 3.63) is 87.5 Å². The van der Waals surface area contributed by atoms with Crippen LogP contribution in [0.5, 0.6) is 5.88 Å². The molecule has 3 aromatic heterocycles. The van der Waals surface area contributed by atoms with Crippen LogP contribution in [0.1, 0.15) is 33.5 Å². The fraction of sp³-hybridized carbons (Fsp3) is 0.217. The summed E-state index contributed by atoms with van der Waals surface area (Å²) in [5.74, 6) is 0.629. The SMILES string of the molecule is Cc1ccc2nc(COc3cc(N(Cc4c(C)cc(C#N)cc4C)N=O)ncn3)cn2c1. The third-order valence-electron chi connectivity index (χ3n) is 5.14. The van der Waals surface area contributed by atoms with Crippen molar-refractivity contribution in [2.75, 3.05) is 5.01 Å². The van der Waals surface area contributed by atoms with Crippen LogP contribution < -0.4 is 9.75 Å². The lowest BCUT2D eigenvalue weighted by molar-refractivity contribution is 0.289. The number of benzene rings is 1. The van der Waals surface area contributed by atoms with E-state index in [0.717, 1.165) is 33.6 Å². The first-order valence-electron chi connectivity index (χ1n) is 9.97. The summed E-state index contributed by atoms with van der Waals surface area (Å²) in [5.41, 5.74) is 6.02. The summed E-state index contributed by atoms with van der Waals surface area (Å²) in [6.07, 6.45) is 5.23. The van der Waals surface area contributed by atoms with Gasteiger partial charge in [0.1, 0.15) is 18.6 Å². The normalized spacial score (nSPS) is 10.7. The summed E-state index contributed by atoms with van der Waals surface area (Å²) in [6.45, 7) is 6.26. The predicted molar refractivity (Wildman–Crippen MR) is 119 cm³/mol. The van der Waals surface area contributed by atoms with E-state index in [1.54, 1.807) is 18.2 Å². The number of pyridine rings is 1. The fourth-order valence-electron chi connectivity index (χ4n) is 3.53. The number of hydrogen-bond acceptors (Lipinski definition) is 7. The molecule has 0 saturated carbocycles. The van der Waals surface area contributed by atoms with E-state index >= 15 is 0 Å². The molecule has 0 aliphatic carbocycles. The zero-order valence-electron chi connectivity index (χ0n) is 18.0. The zero-order valence-corrected chi connectivity index (χ0v) is 18.0. The first-order chi connectivity index (χ1) is 15.5. The van der Waals surface area contributed by atoms with Gasteiger partial charge in [0.15, 0.2) is 5.82 Å². The van der Waals surface area contributed by atoms with E-state index in [0.29, 0.717) is 17.3 Å². The van der Waals surface area contributed by atoms with E-state index in [-0.39, 0.29) is 13.2 Å². The minimum absolute atomic E-state index is 0.217. The van der Waals surface area contributed by atoms with E-state index in [9.17, 15) is 4.91 Å². The molecule has 0 N–H and O–H groups in total. The van der Waals surface area contributed by atoms with E-state index in [1.165, 1.54) is 11.3 Å². The monoisotopic (exact) mass is 427 g/mol. The minimum Gasteiger partial charge on any atom is -0.471 e. The van der Waals surface area contributed by atoms with Crippen LogP contribution in [0.25, 0.3) is 5.65 Å². The Morgan fingerprint density at radius 2 is 1.91 bits per heavy atom. The number of anilines is 1. The molecule has 0 saturated heterocycles.